The summed E-state index contributed by atoms with van der Waals surface area (Å²) in [5, 5.41) is 0. The summed E-state index contributed by atoms with van der Waals surface area (Å²) in [4.78, 5) is 3.82. The molecule has 14 heavy (non-hydrogen) atoms. The number of aryl methyl sites for hydroxylation is 1. The van der Waals surface area contributed by atoms with Gasteiger partial charge < -0.3 is 4.90 Å². The lowest BCUT2D eigenvalue weighted by Gasteiger charge is -2.27. The van der Waals surface area contributed by atoms with Crippen LogP contribution >= 0.6 is 35.3 Å². The molecule has 1 unspecified atom stereocenters. The van der Waals surface area contributed by atoms with E-state index in [0.717, 1.165) is 4.34 Å². The van der Waals surface area contributed by atoms with E-state index in [-0.39, 0.29) is 12.4 Å². The molecule has 0 spiro atoms. The fourth-order valence-electron chi connectivity index (χ4n) is 1.91. The number of hydrogen-bond donors (Lipinski definition) is 0. The smallest absolute Gasteiger partial charge is 0.0934 e. The molecule has 0 radical (unpaired) electrons. The monoisotopic (exact) mass is 251 g/mol. The Morgan fingerprint density at radius 2 is 2.21 bits per heavy atom. The summed E-state index contributed by atoms with van der Waals surface area (Å²) in [6, 6.07) is 2.84. The topological polar surface area (TPSA) is 3.24 Å². The van der Waals surface area contributed by atoms with Gasteiger partial charge in [-0.25, -0.2) is 0 Å². The lowest BCUT2D eigenvalue weighted by Crippen LogP contribution is -2.32. The lowest BCUT2D eigenvalue weighted by molar-refractivity contribution is 0.269. The Morgan fingerprint density at radius 1 is 1.50 bits per heavy atom. The van der Waals surface area contributed by atoms with Crippen LogP contribution < -0.4 is 0 Å². The van der Waals surface area contributed by atoms with Gasteiger partial charge in [0.15, 0.2) is 0 Å². The van der Waals surface area contributed by atoms with E-state index >= 15 is 0 Å². The summed E-state index contributed by atoms with van der Waals surface area (Å²) in [7, 11) is 4.31. The van der Waals surface area contributed by atoms with Gasteiger partial charge in [0, 0.05) is 10.9 Å². The SMILES string of the molecule is CN(C)C1CCc2sc(Cl)cc2C1.Cl. The van der Waals surface area contributed by atoms with Gasteiger partial charge in [0.1, 0.15) is 0 Å². The molecular weight excluding hydrogens is 237 g/mol. The van der Waals surface area contributed by atoms with E-state index < -0.39 is 0 Å². The Morgan fingerprint density at radius 3 is 2.86 bits per heavy atom. The van der Waals surface area contributed by atoms with Gasteiger partial charge in [0.2, 0.25) is 0 Å². The molecule has 1 heterocycles. The quantitative estimate of drug-likeness (QED) is 0.741. The summed E-state index contributed by atoms with van der Waals surface area (Å²) in [6.45, 7) is 0. The number of nitrogens with zero attached hydrogens (tertiary/aromatic N) is 1. The number of thiophene rings is 1. The Bertz CT molecular complexity index is 309. The first-order chi connectivity index (χ1) is 6.16. The second-order valence-corrected chi connectivity index (χ2v) is 5.63. The summed E-state index contributed by atoms with van der Waals surface area (Å²) < 4.78 is 0.949. The van der Waals surface area contributed by atoms with E-state index in [0.29, 0.717) is 6.04 Å². The molecule has 0 aromatic carbocycles. The maximum Gasteiger partial charge on any atom is 0.0934 e. The van der Waals surface area contributed by atoms with Crippen molar-refractivity contribution in [2.75, 3.05) is 14.1 Å². The van der Waals surface area contributed by atoms with Crippen LogP contribution in [-0.2, 0) is 12.8 Å². The minimum atomic E-state index is 0. The molecule has 2 rings (SSSR count). The summed E-state index contributed by atoms with van der Waals surface area (Å²) in [6.07, 6.45) is 3.65. The fraction of sp³-hybridized carbons (Fsp3) is 0.600. The second-order valence-electron chi connectivity index (χ2n) is 3.86. The number of rotatable bonds is 1. The molecule has 0 N–H and O–H groups in total. The van der Waals surface area contributed by atoms with E-state index in [9.17, 15) is 0 Å². The number of hydrogen-bond acceptors (Lipinski definition) is 2. The molecular formula is C10H15Cl2NS. The summed E-state index contributed by atoms with van der Waals surface area (Å²) in [5.74, 6) is 0. The van der Waals surface area contributed by atoms with Crippen LogP contribution in [0.3, 0.4) is 0 Å². The third-order valence-corrected chi connectivity index (χ3v) is 4.12. The van der Waals surface area contributed by atoms with Crippen molar-refractivity contribution in [2.45, 2.75) is 25.3 Å². The van der Waals surface area contributed by atoms with Crippen LogP contribution in [0.15, 0.2) is 6.07 Å². The highest BCUT2D eigenvalue weighted by atomic mass is 35.5. The standard InChI is InChI=1S/C10H14ClNS.ClH/c1-12(2)8-3-4-9-7(5-8)6-10(11)13-9;/h6,8H,3-5H2,1-2H3;1H. The van der Waals surface area contributed by atoms with Crippen LogP contribution in [0.2, 0.25) is 4.34 Å². The van der Waals surface area contributed by atoms with Crippen molar-refractivity contribution in [2.24, 2.45) is 0 Å². The molecule has 0 aliphatic heterocycles. The van der Waals surface area contributed by atoms with Gasteiger partial charge in [0.25, 0.3) is 0 Å². The van der Waals surface area contributed by atoms with Crippen molar-refractivity contribution in [1.82, 2.24) is 4.90 Å². The van der Waals surface area contributed by atoms with E-state index in [4.69, 9.17) is 11.6 Å². The summed E-state index contributed by atoms with van der Waals surface area (Å²) in [5.41, 5.74) is 1.47. The van der Waals surface area contributed by atoms with Crippen LogP contribution in [-0.4, -0.2) is 25.0 Å². The minimum Gasteiger partial charge on any atom is -0.306 e. The maximum absolute atomic E-state index is 5.98. The molecule has 1 aliphatic rings. The molecule has 1 aliphatic carbocycles. The first-order valence-corrected chi connectivity index (χ1v) is 5.80. The van der Waals surface area contributed by atoms with Gasteiger partial charge in [0.05, 0.1) is 4.34 Å². The molecule has 0 saturated heterocycles. The average Bonchev–Trinajstić information content (AvgIpc) is 2.42. The lowest BCUT2D eigenvalue weighted by atomic mass is 9.94. The predicted molar refractivity (Wildman–Crippen MR) is 66.1 cm³/mol. The molecule has 1 aromatic heterocycles. The predicted octanol–water partition coefficient (Wildman–Crippen LogP) is 3.24. The second kappa shape index (κ2) is 4.84. The largest absolute Gasteiger partial charge is 0.306 e. The first kappa shape index (κ1) is 12.3. The van der Waals surface area contributed by atoms with Gasteiger partial charge in [-0.3, -0.25) is 0 Å². The third-order valence-electron chi connectivity index (χ3n) is 2.76. The van der Waals surface area contributed by atoms with Crippen molar-refractivity contribution < 1.29 is 0 Å². The average molecular weight is 252 g/mol. The van der Waals surface area contributed by atoms with Crippen molar-refractivity contribution >= 4 is 35.3 Å². The minimum absolute atomic E-state index is 0. The van der Waals surface area contributed by atoms with Gasteiger partial charge in [-0.1, -0.05) is 11.6 Å². The first-order valence-electron chi connectivity index (χ1n) is 4.60. The highest BCUT2D eigenvalue weighted by molar-refractivity contribution is 7.16. The fourth-order valence-corrected chi connectivity index (χ4v) is 3.25. The van der Waals surface area contributed by atoms with Crippen molar-refractivity contribution in [1.29, 1.82) is 0 Å². The van der Waals surface area contributed by atoms with E-state index in [1.807, 2.05) is 0 Å². The molecule has 1 aromatic rings. The zero-order valence-corrected chi connectivity index (χ0v) is 10.8. The van der Waals surface area contributed by atoms with Crippen LogP contribution in [0.1, 0.15) is 16.9 Å². The van der Waals surface area contributed by atoms with Gasteiger partial charge in [-0.15, -0.1) is 23.7 Å². The molecule has 80 valence electrons. The Balaban J connectivity index is 0.000000980. The van der Waals surface area contributed by atoms with Gasteiger partial charge in [-0.2, -0.15) is 0 Å². The molecule has 1 atom stereocenters. The maximum atomic E-state index is 5.98. The molecule has 0 saturated carbocycles. The number of fused-ring (bicyclic) bond motifs is 1. The van der Waals surface area contributed by atoms with Crippen LogP contribution in [0.5, 0.6) is 0 Å². The van der Waals surface area contributed by atoms with Crippen LogP contribution in [0.4, 0.5) is 0 Å². The molecule has 0 bridgehead atoms. The Kier molecular flexibility index (Phi) is 4.26. The third kappa shape index (κ3) is 2.43. The Labute approximate surface area is 100 Å². The molecule has 4 heteroatoms. The van der Waals surface area contributed by atoms with E-state index in [2.05, 4.69) is 25.1 Å². The van der Waals surface area contributed by atoms with Gasteiger partial charge >= 0.3 is 0 Å². The zero-order chi connectivity index (χ0) is 9.42. The van der Waals surface area contributed by atoms with Crippen molar-refractivity contribution in [3.05, 3.63) is 20.8 Å². The number of likely N-dealkylation sites (N-methyl/N-ethyl adjacent to an activating group) is 1. The van der Waals surface area contributed by atoms with Gasteiger partial charge in [-0.05, 0) is 45.0 Å². The summed E-state index contributed by atoms with van der Waals surface area (Å²) >= 11 is 7.73. The van der Waals surface area contributed by atoms with Crippen LogP contribution in [0, 0.1) is 0 Å². The normalized spacial score (nSPS) is 20.4. The molecule has 1 nitrogen and oxygen atoms in total. The number of halogens is 2. The highest BCUT2D eigenvalue weighted by Crippen LogP contribution is 2.33. The van der Waals surface area contributed by atoms with Crippen molar-refractivity contribution in [3.8, 4) is 0 Å². The highest BCUT2D eigenvalue weighted by Gasteiger charge is 2.21. The van der Waals surface area contributed by atoms with E-state index in [1.54, 1.807) is 11.3 Å². The Hall–Kier alpha value is 0.240. The van der Waals surface area contributed by atoms with Crippen LogP contribution in [0.25, 0.3) is 0 Å². The van der Waals surface area contributed by atoms with E-state index in [1.165, 1.54) is 29.7 Å². The molecule has 0 amide bonds. The van der Waals surface area contributed by atoms with Crippen molar-refractivity contribution in [3.63, 3.8) is 0 Å². The molecule has 0 fully saturated rings. The zero-order valence-electron chi connectivity index (χ0n) is 8.42.